The Kier molecular flexibility index (Phi) is 3.87. The van der Waals surface area contributed by atoms with Crippen molar-refractivity contribution in [2.24, 2.45) is 0 Å². The number of thiol groups is 1. The zero-order valence-electron chi connectivity index (χ0n) is 6.58. The van der Waals surface area contributed by atoms with E-state index in [4.69, 9.17) is 0 Å². The van der Waals surface area contributed by atoms with E-state index in [0.717, 1.165) is 11.5 Å². The quantitative estimate of drug-likeness (QED) is 0.705. The average molecular weight is 184 g/mol. The van der Waals surface area contributed by atoms with E-state index < -0.39 is 0 Å². The molecule has 0 N–H and O–H groups in total. The van der Waals surface area contributed by atoms with E-state index in [-0.39, 0.29) is 0 Å². The molecule has 0 aliphatic rings. The van der Waals surface area contributed by atoms with Crippen LogP contribution in [-0.2, 0) is 11.5 Å². The Hall–Kier alpha value is -0.0800. The molecule has 11 heavy (non-hydrogen) atoms. The van der Waals surface area contributed by atoms with E-state index in [1.54, 1.807) is 0 Å². The number of hydrogen-bond donors (Lipinski definition) is 1. The normalized spacial score (nSPS) is 10.0. The predicted molar refractivity (Wildman–Crippen MR) is 56.4 cm³/mol. The zero-order chi connectivity index (χ0) is 8.10. The van der Waals surface area contributed by atoms with Gasteiger partial charge in [-0.15, -0.1) is 0 Å². The van der Waals surface area contributed by atoms with Crippen molar-refractivity contribution >= 4 is 24.4 Å². The summed E-state index contributed by atoms with van der Waals surface area (Å²) in [5, 5.41) is 0. The van der Waals surface area contributed by atoms with Crippen LogP contribution < -0.4 is 0 Å². The first kappa shape index (κ1) is 9.01. The van der Waals surface area contributed by atoms with Gasteiger partial charge in [-0.05, 0) is 17.4 Å². The molecule has 1 aromatic rings. The van der Waals surface area contributed by atoms with Gasteiger partial charge >= 0.3 is 0 Å². The van der Waals surface area contributed by atoms with Crippen molar-refractivity contribution in [2.75, 3.05) is 6.26 Å². The Morgan fingerprint density at radius 1 is 1.18 bits per heavy atom. The van der Waals surface area contributed by atoms with Crippen LogP contribution in [0.2, 0.25) is 0 Å². The topological polar surface area (TPSA) is 0 Å². The van der Waals surface area contributed by atoms with Gasteiger partial charge in [-0.3, -0.25) is 0 Å². The van der Waals surface area contributed by atoms with Crippen molar-refractivity contribution in [3.05, 3.63) is 35.4 Å². The Morgan fingerprint density at radius 2 is 1.73 bits per heavy atom. The fourth-order valence-electron chi connectivity index (χ4n) is 0.908. The summed E-state index contributed by atoms with van der Waals surface area (Å²) < 4.78 is 0. The summed E-state index contributed by atoms with van der Waals surface area (Å²) in [6.45, 7) is 0. The number of rotatable bonds is 3. The molecule has 0 amide bonds. The van der Waals surface area contributed by atoms with E-state index in [2.05, 4.69) is 43.2 Å². The fourth-order valence-corrected chi connectivity index (χ4v) is 1.64. The average Bonchev–Trinajstić information content (AvgIpc) is 2.07. The minimum Gasteiger partial charge on any atom is -0.175 e. The number of benzene rings is 1. The summed E-state index contributed by atoms with van der Waals surface area (Å²) in [6, 6.07) is 8.61. The van der Waals surface area contributed by atoms with Crippen molar-refractivity contribution in [1.29, 1.82) is 0 Å². The molecular weight excluding hydrogens is 172 g/mol. The summed E-state index contributed by atoms with van der Waals surface area (Å²) in [5.41, 5.74) is 2.68. The van der Waals surface area contributed by atoms with Crippen LogP contribution in [0, 0.1) is 0 Å². The Bertz CT molecular complexity index is 203. The van der Waals surface area contributed by atoms with Gasteiger partial charge in [0.25, 0.3) is 0 Å². The molecule has 0 saturated heterocycles. The van der Waals surface area contributed by atoms with Gasteiger partial charge in [0.15, 0.2) is 0 Å². The molecule has 0 nitrogen and oxygen atoms in total. The highest BCUT2D eigenvalue weighted by Gasteiger charge is 1.91. The molecule has 0 fully saturated rings. The zero-order valence-corrected chi connectivity index (χ0v) is 8.29. The molecule has 0 aromatic heterocycles. The van der Waals surface area contributed by atoms with Crippen LogP contribution >= 0.6 is 24.4 Å². The molecule has 0 spiro atoms. The third kappa shape index (κ3) is 2.80. The van der Waals surface area contributed by atoms with Crippen LogP contribution in [0.25, 0.3) is 0 Å². The molecule has 0 atom stereocenters. The molecular formula is C9H12S2. The van der Waals surface area contributed by atoms with Gasteiger partial charge in [0.2, 0.25) is 0 Å². The summed E-state index contributed by atoms with van der Waals surface area (Å²) in [6.07, 6.45) is 2.12. The van der Waals surface area contributed by atoms with Crippen LogP contribution in [0.4, 0.5) is 0 Å². The van der Waals surface area contributed by atoms with E-state index in [9.17, 15) is 0 Å². The maximum absolute atomic E-state index is 4.19. The summed E-state index contributed by atoms with van der Waals surface area (Å²) in [7, 11) is 0. The van der Waals surface area contributed by atoms with E-state index in [1.165, 1.54) is 11.1 Å². The van der Waals surface area contributed by atoms with Gasteiger partial charge in [-0.25, -0.2) is 0 Å². The highest BCUT2D eigenvalue weighted by atomic mass is 32.2. The summed E-state index contributed by atoms with van der Waals surface area (Å²) in [4.78, 5) is 0. The van der Waals surface area contributed by atoms with Crippen molar-refractivity contribution < 1.29 is 0 Å². The first-order valence-electron chi connectivity index (χ1n) is 3.54. The highest BCUT2D eigenvalue weighted by Crippen LogP contribution is 2.11. The summed E-state index contributed by atoms with van der Waals surface area (Å²) >= 11 is 6.04. The standard InChI is InChI=1S/C9H12S2/c1-11-7-9-4-2-8(6-10)3-5-9/h2-5,10H,6-7H2,1H3. The van der Waals surface area contributed by atoms with Crippen molar-refractivity contribution in [3.8, 4) is 0 Å². The molecule has 60 valence electrons. The van der Waals surface area contributed by atoms with Gasteiger partial charge in [-0.1, -0.05) is 24.3 Å². The second-order valence-corrected chi connectivity index (χ2v) is 3.59. The Morgan fingerprint density at radius 3 is 2.18 bits per heavy atom. The van der Waals surface area contributed by atoms with Gasteiger partial charge in [0.1, 0.15) is 0 Å². The predicted octanol–water partition coefficient (Wildman–Crippen LogP) is 2.98. The van der Waals surface area contributed by atoms with Crippen molar-refractivity contribution in [2.45, 2.75) is 11.5 Å². The maximum Gasteiger partial charge on any atom is 0.0181 e. The molecule has 0 saturated carbocycles. The molecule has 0 aliphatic carbocycles. The molecule has 0 heterocycles. The van der Waals surface area contributed by atoms with Gasteiger partial charge in [0, 0.05) is 11.5 Å². The van der Waals surface area contributed by atoms with Gasteiger partial charge in [-0.2, -0.15) is 24.4 Å². The fraction of sp³-hybridized carbons (Fsp3) is 0.333. The lowest BCUT2D eigenvalue weighted by Gasteiger charge is -1.99. The molecule has 0 bridgehead atoms. The lowest BCUT2D eigenvalue weighted by Crippen LogP contribution is -1.81. The molecule has 1 aromatic carbocycles. The minimum atomic E-state index is 0.833. The van der Waals surface area contributed by atoms with Crippen LogP contribution in [0.15, 0.2) is 24.3 Å². The second-order valence-electron chi connectivity index (χ2n) is 2.41. The Labute approximate surface area is 77.8 Å². The highest BCUT2D eigenvalue weighted by molar-refractivity contribution is 7.97. The van der Waals surface area contributed by atoms with Crippen LogP contribution in [0.1, 0.15) is 11.1 Å². The summed E-state index contributed by atoms with van der Waals surface area (Å²) in [5.74, 6) is 1.94. The second kappa shape index (κ2) is 4.73. The van der Waals surface area contributed by atoms with E-state index in [1.807, 2.05) is 11.8 Å². The third-order valence-corrected chi connectivity index (χ3v) is 2.50. The maximum atomic E-state index is 4.19. The number of thioether (sulfide) groups is 1. The largest absolute Gasteiger partial charge is 0.175 e. The van der Waals surface area contributed by atoms with Crippen LogP contribution in [0.5, 0.6) is 0 Å². The molecule has 1 rings (SSSR count). The first-order chi connectivity index (χ1) is 5.36. The lowest BCUT2D eigenvalue weighted by molar-refractivity contribution is 1.35. The molecule has 0 radical (unpaired) electrons. The van der Waals surface area contributed by atoms with Gasteiger partial charge < -0.3 is 0 Å². The Balaban J connectivity index is 2.66. The SMILES string of the molecule is CSCc1ccc(CS)cc1. The first-order valence-corrected chi connectivity index (χ1v) is 5.57. The monoisotopic (exact) mass is 184 g/mol. The van der Waals surface area contributed by atoms with E-state index in [0.29, 0.717) is 0 Å². The van der Waals surface area contributed by atoms with E-state index >= 15 is 0 Å². The van der Waals surface area contributed by atoms with Crippen LogP contribution in [-0.4, -0.2) is 6.26 Å². The molecule has 0 unspecified atom stereocenters. The third-order valence-electron chi connectivity index (χ3n) is 1.52. The minimum absolute atomic E-state index is 0.833. The molecule has 0 aliphatic heterocycles. The van der Waals surface area contributed by atoms with Crippen molar-refractivity contribution in [1.82, 2.24) is 0 Å². The molecule has 2 heteroatoms. The lowest BCUT2D eigenvalue weighted by atomic mass is 10.2. The van der Waals surface area contributed by atoms with Gasteiger partial charge in [0.05, 0.1) is 0 Å². The smallest absolute Gasteiger partial charge is 0.0181 e. The number of hydrogen-bond acceptors (Lipinski definition) is 2. The van der Waals surface area contributed by atoms with Crippen molar-refractivity contribution in [3.63, 3.8) is 0 Å². The van der Waals surface area contributed by atoms with Crippen LogP contribution in [0.3, 0.4) is 0 Å².